The van der Waals surface area contributed by atoms with Crippen LogP contribution in [0.3, 0.4) is 0 Å². The van der Waals surface area contributed by atoms with Crippen molar-refractivity contribution in [1.82, 2.24) is 13.7 Å². The molecule has 0 saturated carbocycles. The first-order valence-corrected chi connectivity index (χ1v) is 12.6. The normalized spacial score (nSPS) is 22.7. The van der Waals surface area contributed by atoms with Crippen molar-refractivity contribution in [2.75, 3.05) is 20.1 Å². The lowest BCUT2D eigenvalue weighted by atomic mass is 9.89. The van der Waals surface area contributed by atoms with Gasteiger partial charge in [0.2, 0.25) is 0 Å². The summed E-state index contributed by atoms with van der Waals surface area (Å²) in [7, 11) is -1.88. The Morgan fingerprint density at radius 2 is 1.50 bits per heavy atom. The Labute approximate surface area is 195 Å². The summed E-state index contributed by atoms with van der Waals surface area (Å²) < 4.78 is 31.2. The number of hydrazine groups is 1. The first kappa shape index (κ1) is 21.6. The van der Waals surface area contributed by atoms with Crippen molar-refractivity contribution < 1.29 is 8.42 Å². The van der Waals surface area contributed by atoms with E-state index in [1.807, 2.05) is 72.7 Å². The largest absolute Gasteiger partial charge is 0.295 e. The van der Waals surface area contributed by atoms with Gasteiger partial charge in [0.15, 0.2) is 0 Å². The van der Waals surface area contributed by atoms with Gasteiger partial charge >= 0.3 is 0 Å². The van der Waals surface area contributed by atoms with E-state index in [2.05, 4.69) is 18.2 Å². The molecule has 0 amide bonds. The van der Waals surface area contributed by atoms with Crippen molar-refractivity contribution in [2.45, 2.75) is 24.9 Å². The van der Waals surface area contributed by atoms with Gasteiger partial charge in [-0.25, -0.2) is 5.01 Å². The molecule has 0 N–H and O–H groups in total. The highest BCUT2D eigenvalue weighted by molar-refractivity contribution is 7.86. The number of fused-ring (bicyclic) bond motifs is 1. The molecule has 0 radical (unpaired) electrons. The molecule has 0 bridgehead atoms. The van der Waals surface area contributed by atoms with Crippen LogP contribution in [-0.2, 0) is 23.2 Å². The minimum Gasteiger partial charge on any atom is -0.229 e. The predicted octanol–water partition coefficient (Wildman–Crippen LogP) is 4.63. The molecule has 3 aromatic rings. The maximum Gasteiger partial charge on any atom is 0.295 e. The quantitative estimate of drug-likeness (QED) is 0.562. The van der Waals surface area contributed by atoms with E-state index in [9.17, 15) is 8.42 Å². The second-order valence-corrected chi connectivity index (χ2v) is 10.7. The standard InChI is InChI=1S/C25H26ClN3O2S/c1-27-18-24(20-8-3-2-4-9-20)25(21-11-13-23(26)14-12-21)29(27)32(30,31)28-16-15-19-7-5-6-10-22(19)17-28/h2-14,24-25H,15-18H2,1H3. The van der Waals surface area contributed by atoms with Crippen LogP contribution in [0.4, 0.5) is 0 Å². The first-order chi connectivity index (χ1) is 15.4. The van der Waals surface area contributed by atoms with Crippen LogP contribution in [0.5, 0.6) is 0 Å². The zero-order valence-corrected chi connectivity index (χ0v) is 19.5. The maximum atomic E-state index is 14.0. The fourth-order valence-corrected chi connectivity index (χ4v) is 6.91. The van der Waals surface area contributed by atoms with Crippen LogP contribution in [-0.4, -0.2) is 42.3 Å². The Morgan fingerprint density at radius 3 is 2.22 bits per heavy atom. The number of likely N-dealkylation sites (N-methyl/N-ethyl adjacent to an activating group) is 1. The minimum absolute atomic E-state index is 0.00854. The van der Waals surface area contributed by atoms with Gasteiger partial charge in [-0.05, 0) is 40.8 Å². The van der Waals surface area contributed by atoms with Crippen LogP contribution in [0.25, 0.3) is 0 Å². The fraction of sp³-hybridized carbons (Fsp3) is 0.280. The van der Waals surface area contributed by atoms with E-state index in [0.29, 0.717) is 24.7 Å². The summed E-state index contributed by atoms with van der Waals surface area (Å²) in [6.07, 6.45) is 0.723. The van der Waals surface area contributed by atoms with Crippen LogP contribution < -0.4 is 0 Å². The third kappa shape index (κ3) is 3.87. The van der Waals surface area contributed by atoms with Gasteiger partial charge in [0.05, 0.1) is 6.04 Å². The highest BCUT2D eigenvalue weighted by atomic mass is 35.5. The number of hydrogen-bond donors (Lipinski definition) is 0. The van der Waals surface area contributed by atoms with Gasteiger partial charge in [-0.3, -0.25) is 0 Å². The maximum absolute atomic E-state index is 14.0. The molecule has 2 atom stereocenters. The van der Waals surface area contributed by atoms with Crippen molar-refractivity contribution >= 4 is 21.8 Å². The van der Waals surface area contributed by atoms with Gasteiger partial charge in [-0.15, -0.1) is 4.41 Å². The first-order valence-electron chi connectivity index (χ1n) is 10.8. The van der Waals surface area contributed by atoms with Gasteiger partial charge in [-0.2, -0.15) is 12.7 Å². The van der Waals surface area contributed by atoms with Gasteiger partial charge < -0.3 is 0 Å². The zero-order chi connectivity index (χ0) is 22.3. The summed E-state index contributed by atoms with van der Waals surface area (Å²) in [5.74, 6) is 0.00854. The van der Waals surface area contributed by atoms with E-state index in [0.717, 1.165) is 23.1 Å². The molecule has 2 unspecified atom stereocenters. The van der Waals surface area contributed by atoms with E-state index >= 15 is 0 Å². The highest BCUT2D eigenvalue weighted by Crippen LogP contribution is 2.45. The summed E-state index contributed by atoms with van der Waals surface area (Å²) in [4.78, 5) is 0. The Hall–Kier alpha value is -2.22. The molecule has 166 valence electrons. The Morgan fingerprint density at radius 1 is 0.844 bits per heavy atom. The van der Waals surface area contributed by atoms with Crippen molar-refractivity contribution in [3.05, 3.63) is 106 Å². The molecule has 2 aliphatic heterocycles. The van der Waals surface area contributed by atoms with Gasteiger partial charge in [0.25, 0.3) is 10.2 Å². The lowest BCUT2D eigenvalue weighted by molar-refractivity contribution is 0.111. The van der Waals surface area contributed by atoms with E-state index in [1.165, 1.54) is 5.56 Å². The van der Waals surface area contributed by atoms with Crippen LogP contribution in [0.2, 0.25) is 5.02 Å². The summed E-state index contributed by atoms with van der Waals surface area (Å²) in [6, 6.07) is 25.4. The molecule has 7 heteroatoms. The van der Waals surface area contributed by atoms with Crippen LogP contribution in [0.15, 0.2) is 78.9 Å². The SMILES string of the molecule is CN1CC(c2ccccc2)C(c2ccc(Cl)cc2)N1S(=O)(=O)N1CCc2ccccc2C1. The summed E-state index contributed by atoms with van der Waals surface area (Å²) >= 11 is 6.15. The molecule has 2 aliphatic rings. The molecule has 1 saturated heterocycles. The molecule has 5 nitrogen and oxygen atoms in total. The van der Waals surface area contributed by atoms with Gasteiger partial charge in [-0.1, -0.05) is 78.3 Å². The molecule has 0 aromatic heterocycles. The zero-order valence-electron chi connectivity index (χ0n) is 17.9. The third-order valence-electron chi connectivity index (χ3n) is 6.51. The number of rotatable bonds is 4. The van der Waals surface area contributed by atoms with Crippen molar-refractivity contribution in [2.24, 2.45) is 0 Å². The van der Waals surface area contributed by atoms with E-state index in [1.54, 1.807) is 8.72 Å². The molecule has 5 rings (SSSR count). The van der Waals surface area contributed by atoms with E-state index in [4.69, 9.17) is 11.6 Å². The Kier molecular flexibility index (Phi) is 5.82. The minimum atomic E-state index is -3.74. The van der Waals surface area contributed by atoms with E-state index < -0.39 is 10.2 Å². The fourth-order valence-electron chi connectivity index (χ4n) is 4.94. The molecule has 0 spiro atoms. The number of halogens is 1. The predicted molar refractivity (Wildman–Crippen MR) is 127 cm³/mol. The second-order valence-electron chi connectivity index (χ2n) is 8.49. The molecule has 3 aromatic carbocycles. The smallest absolute Gasteiger partial charge is 0.229 e. The second kappa shape index (κ2) is 8.61. The van der Waals surface area contributed by atoms with Crippen LogP contribution in [0.1, 0.15) is 34.2 Å². The molecule has 1 fully saturated rings. The summed E-state index contributed by atoms with van der Waals surface area (Å²) in [6.45, 7) is 1.49. The van der Waals surface area contributed by atoms with Gasteiger partial charge in [0.1, 0.15) is 0 Å². The number of benzene rings is 3. The Bertz CT molecular complexity index is 1200. The van der Waals surface area contributed by atoms with Crippen molar-refractivity contribution in [1.29, 1.82) is 0 Å². The highest BCUT2D eigenvalue weighted by Gasteiger charge is 2.48. The average Bonchev–Trinajstić information content (AvgIpc) is 3.17. The number of hydrogen-bond acceptors (Lipinski definition) is 3. The van der Waals surface area contributed by atoms with Crippen LogP contribution in [0, 0.1) is 0 Å². The monoisotopic (exact) mass is 467 g/mol. The summed E-state index contributed by atoms with van der Waals surface area (Å²) in [5.41, 5.74) is 4.37. The topological polar surface area (TPSA) is 43.9 Å². The van der Waals surface area contributed by atoms with Gasteiger partial charge in [0, 0.05) is 37.6 Å². The van der Waals surface area contributed by atoms with Crippen molar-refractivity contribution in [3.8, 4) is 0 Å². The molecule has 2 heterocycles. The molecular weight excluding hydrogens is 442 g/mol. The molecular formula is C25H26ClN3O2S. The Balaban J connectivity index is 1.55. The molecule has 0 aliphatic carbocycles. The summed E-state index contributed by atoms with van der Waals surface area (Å²) in [5, 5.41) is 2.49. The lowest BCUT2D eigenvalue weighted by Gasteiger charge is -2.36. The number of nitrogens with zero attached hydrogens (tertiary/aromatic N) is 3. The third-order valence-corrected chi connectivity index (χ3v) is 8.71. The van der Waals surface area contributed by atoms with Crippen LogP contribution >= 0.6 is 11.6 Å². The lowest BCUT2D eigenvalue weighted by Crippen LogP contribution is -2.50. The average molecular weight is 468 g/mol. The molecule has 32 heavy (non-hydrogen) atoms. The van der Waals surface area contributed by atoms with Crippen molar-refractivity contribution in [3.63, 3.8) is 0 Å². The van der Waals surface area contributed by atoms with E-state index in [-0.39, 0.29) is 12.0 Å².